The first kappa shape index (κ1) is 18.0. The molecular formula is C15H18ClNO4S2. The molecule has 1 aromatic heterocycles. The van der Waals surface area contributed by atoms with Gasteiger partial charge in [0, 0.05) is 16.7 Å². The molecule has 2 rings (SSSR count). The maximum atomic E-state index is 11.6. The van der Waals surface area contributed by atoms with Crippen LogP contribution in [0.25, 0.3) is 10.6 Å². The predicted octanol–water partition coefficient (Wildman–Crippen LogP) is 4.23. The van der Waals surface area contributed by atoms with Gasteiger partial charge in [0.1, 0.15) is 16.5 Å². The van der Waals surface area contributed by atoms with E-state index in [0.29, 0.717) is 28.8 Å². The van der Waals surface area contributed by atoms with Gasteiger partial charge in [-0.25, -0.2) is 13.4 Å². The zero-order chi connectivity index (χ0) is 17.0. The van der Waals surface area contributed by atoms with Crippen LogP contribution in [0.15, 0.2) is 22.4 Å². The van der Waals surface area contributed by atoms with Gasteiger partial charge < -0.3 is 9.47 Å². The van der Waals surface area contributed by atoms with Gasteiger partial charge in [-0.05, 0) is 25.5 Å². The maximum absolute atomic E-state index is 11.6. The van der Waals surface area contributed by atoms with Crippen molar-refractivity contribution in [2.45, 2.75) is 30.9 Å². The van der Waals surface area contributed by atoms with Crippen molar-refractivity contribution in [3.8, 4) is 22.1 Å². The van der Waals surface area contributed by atoms with E-state index in [4.69, 9.17) is 20.2 Å². The highest BCUT2D eigenvalue weighted by Crippen LogP contribution is 2.39. The number of halogens is 1. The Morgan fingerprint density at radius 1 is 1.35 bits per heavy atom. The third kappa shape index (κ3) is 4.37. The third-order valence-corrected chi connectivity index (χ3v) is 6.52. The minimum Gasteiger partial charge on any atom is -0.497 e. The molecule has 0 aliphatic rings. The van der Waals surface area contributed by atoms with Crippen molar-refractivity contribution < 1.29 is 17.9 Å². The van der Waals surface area contributed by atoms with Crippen LogP contribution < -0.4 is 9.47 Å². The smallest absolute Gasteiger partial charge is 0.272 e. The first-order valence-corrected chi connectivity index (χ1v) is 10.2. The summed E-state index contributed by atoms with van der Waals surface area (Å²) in [4.78, 5) is 4.33. The molecule has 23 heavy (non-hydrogen) atoms. The van der Waals surface area contributed by atoms with E-state index in [9.17, 15) is 8.42 Å². The normalized spacial score (nSPS) is 11.5. The standard InChI is InChI=1S/C15H18ClNO4S2/c1-4-5-8-21-13-9-11(20-3)6-7-12(13)14-17-10(2)15(22-14)23(16,18)19/h6-7,9H,4-5,8H2,1-3H3. The molecule has 5 nitrogen and oxygen atoms in total. The van der Waals surface area contributed by atoms with Crippen molar-refractivity contribution >= 4 is 31.1 Å². The minimum atomic E-state index is -3.80. The van der Waals surface area contributed by atoms with Crippen molar-refractivity contribution in [1.82, 2.24) is 4.98 Å². The molecule has 0 amide bonds. The minimum absolute atomic E-state index is 0.0597. The number of aryl methyl sites for hydroxylation is 1. The zero-order valence-electron chi connectivity index (χ0n) is 13.1. The monoisotopic (exact) mass is 375 g/mol. The van der Waals surface area contributed by atoms with E-state index in [0.717, 1.165) is 29.7 Å². The summed E-state index contributed by atoms with van der Waals surface area (Å²) in [6.07, 6.45) is 1.94. The zero-order valence-corrected chi connectivity index (χ0v) is 15.5. The lowest BCUT2D eigenvalue weighted by Crippen LogP contribution is -1.98. The topological polar surface area (TPSA) is 65.5 Å². The van der Waals surface area contributed by atoms with E-state index in [2.05, 4.69) is 11.9 Å². The van der Waals surface area contributed by atoms with Gasteiger partial charge in [-0.3, -0.25) is 0 Å². The Morgan fingerprint density at radius 3 is 2.65 bits per heavy atom. The summed E-state index contributed by atoms with van der Waals surface area (Å²) in [5.41, 5.74) is 1.11. The predicted molar refractivity (Wildman–Crippen MR) is 92.3 cm³/mol. The summed E-state index contributed by atoms with van der Waals surface area (Å²) in [6.45, 7) is 4.27. The summed E-state index contributed by atoms with van der Waals surface area (Å²) in [5, 5.41) is 0.552. The number of benzene rings is 1. The second-order valence-electron chi connectivity index (χ2n) is 4.89. The van der Waals surface area contributed by atoms with Crippen LogP contribution in [0, 0.1) is 6.92 Å². The molecule has 0 N–H and O–H groups in total. The van der Waals surface area contributed by atoms with Crippen LogP contribution in [-0.2, 0) is 9.05 Å². The van der Waals surface area contributed by atoms with Crippen LogP contribution in [0.1, 0.15) is 25.5 Å². The molecule has 8 heteroatoms. The summed E-state index contributed by atoms with van der Waals surface area (Å²) in [6, 6.07) is 5.37. The number of rotatable bonds is 7. The van der Waals surface area contributed by atoms with Crippen molar-refractivity contribution in [1.29, 1.82) is 0 Å². The van der Waals surface area contributed by atoms with Crippen LogP contribution in [0.4, 0.5) is 0 Å². The van der Waals surface area contributed by atoms with E-state index < -0.39 is 9.05 Å². The molecule has 126 valence electrons. The summed E-state index contributed by atoms with van der Waals surface area (Å²) in [5.74, 6) is 1.28. The van der Waals surface area contributed by atoms with Crippen molar-refractivity contribution in [3.63, 3.8) is 0 Å². The summed E-state index contributed by atoms with van der Waals surface area (Å²) < 4.78 is 34.3. The molecule has 0 bridgehead atoms. The second-order valence-corrected chi connectivity index (χ2v) is 8.65. The van der Waals surface area contributed by atoms with Gasteiger partial charge >= 0.3 is 0 Å². The van der Waals surface area contributed by atoms with E-state index in [1.54, 1.807) is 26.2 Å². The fourth-order valence-electron chi connectivity index (χ4n) is 1.98. The van der Waals surface area contributed by atoms with Gasteiger partial charge in [-0.2, -0.15) is 0 Å². The Balaban J connectivity index is 2.45. The Bertz CT molecular complexity index is 787. The Labute approximate surface area is 144 Å². The van der Waals surface area contributed by atoms with Gasteiger partial charge in [0.15, 0.2) is 4.21 Å². The van der Waals surface area contributed by atoms with Crippen molar-refractivity contribution in [3.05, 3.63) is 23.9 Å². The first-order chi connectivity index (χ1) is 10.9. The molecule has 0 radical (unpaired) electrons. The Morgan fingerprint density at radius 2 is 2.09 bits per heavy atom. The number of hydrogen-bond acceptors (Lipinski definition) is 6. The van der Waals surface area contributed by atoms with Crippen LogP contribution in [0.3, 0.4) is 0 Å². The maximum Gasteiger partial charge on any atom is 0.272 e. The number of thiazole rings is 1. The van der Waals surface area contributed by atoms with E-state index >= 15 is 0 Å². The number of hydrogen-bond donors (Lipinski definition) is 0. The molecule has 0 fully saturated rings. The summed E-state index contributed by atoms with van der Waals surface area (Å²) in [7, 11) is 3.22. The quantitative estimate of drug-likeness (QED) is 0.535. The average Bonchev–Trinajstić information content (AvgIpc) is 2.89. The lowest BCUT2D eigenvalue weighted by Gasteiger charge is -2.11. The Kier molecular flexibility index (Phi) is 5.89. The molecular weight excluding hydrogens is 358 g/mol. The van der Waals surface area contributed by atoms with Crippen molar-refractivity contribution in [2.75, 3.05) is 13.7 Å². The van der Waals surface area contributed by atoms with E-state index in [-0.39, 0.29) is 4.21 Å². The first-order valence-electron chi connectivity index (χ1n) is 7.10. The third-order valence-electron chi connectivity index (χ3n) is 3.15. The number of unbranched alkanes of at least 4 members (excludes halogenated alkanes) is 1. The van der Waals surface area contributed by atoms with Crippen LogP contribution in [0.2, 0.25) is 0 Å². The highest BCUT2D eigenvalue weighted by atomic mass is 35.7. The number of aromatic nitrogens is 1. The largest absolute Gasteiger partial charge is 0.497 e. The molecule has 0 saturated heterocycles. The highest BCUT2D eigenvalue weighted by Gasteiger charge is 2.21. The summed E-state index contributed by atoms with van der Waals surface area (Å²) >= 11 is 1.03. The van der Waals surface area contributed by atoms with Crippen molar-refractivity contribution in [2.24, 2.45) is 0 Å². The fourth-order valence-corrected chi connectivity index (χ4v) is 4.46. The van der Waals surface area contributed by atoms with Gasteiger partial charge in [0.25, 0.3) is 9.05 Å². The molecule has 2 aromatic rings. The molecule has 0 unspecified atom stereocenters. The van der Waals surface area contributed by atoms with Crippen LogP contribution >= 0.6 is 22.0 Å². The number of ether oxygens (including phenoxy) is 2. The number of methoxy groups -OCH3 is 1. The molecule has 0 saturated carbocycles. The SMILES string of the molecule is CCCCOc1cc(OC)ccc1-c1nc(C)c(S(=O)(=O)Cl)s1. The van der Waals surface area contributed by atoms with Crippen LogP contribution in [-0.4, -0.2) is 27.1 Å². The van der Waals surface area contributed by atoms with Crippen LogP contribution in [0.5, 0.6) is 11.5 Å². The van der Waals surface area contributed by atoms with Gasteiger partial charge in [0.2, 0.25) is 0 Å². The average molecular weight is 376 g/mol. The molecule has 1 aromatic carbocycles. The molecule has 0 aliphatic carbocycles. The van der Waals surface area contributed by atoms with E-state index in [1.165, 1.54) is 0 Å². The fraction of sp³-hybridized carbons (Fsp3) is 0.400. The number of nitrogens with zero attached hydrogens (tertiary/aromatic N) is 1. The highest BCUT2D eigenvalue weighted by molar-refractivity contribution is 8.15. The lowest BCUT2D eigenvalue weighted by molar-refractivity contribution is 0.308. The Hall–Kier alpha value is -1.31. The van der Waals surface area contributed by atoms with Gasteiger partial charge in [-0.15, -0.1) is 11.3 Å². The van der Waals surface area contributed by atoms with E-state index in [1.807, 2.05) is 6.07 Å². The molecule has 0 aliphatic heterocycles. The second kappa shape index (κ2) is 7.51. The van der Waals surface area contributed by atoms with Gasteiger partial charge in [0.05, 0.1) is 25.0 Å². The molecule has 0 spiro atoms. The molecule has 1 heterocycles. The lowest BCUT2D eigenvalue weighted by atomic mass is 10.2. The van der Waals surface area contributed by atoms with Gasteiger partial charge in [-0.1, -0.05) is 13.3 Å². The molecule has 0 atom stereocenters.